The number of ether oxygens (including phenoxy) is 3. The number of methoxy groups -OCH3 is 1. The van der Waals surface area contributed by atoms with Gasteiger partial charge in [0.05, 0.1) is 24.2 Å². The second kappa shape index (κ2) is 7.95. The highest BCUT2D eigenvalue weighted by atomic mass is 32.2. The van der Waals surface area contributed by atoms with Crippen molar-refractivity contribution < 1.29 is 40.2 Å². The van der Waals surface area contributed by atoms with Gasteiger partial charge < -0.3 is 14.2 Å². The van der Waals surface area contributed by atoms with E-state index in [0.717, 1.165) is 24.3 Å². The molecule has 0 amide bonds. The van der Waals surface area contributed by atoms with Gasteiger partial charge in [-0.3, -0.25) is 0 Å². The lowest BCUT2D eigenvalue weighted by Gasteiger charge is -2.34. The first-order valence-electron chi connectivity index (χ1n) is 9.39. The van der Waals surface area contributed by atoms with Crippen molar-refractivity contribution in [3.8, 4) is 11.5 Å². The quantitative estimate of drug-likeness (QED) is 0.635. The topological polar surface area (TPSA) is 65.1 Å². The molecule has 2 aromatic rings. The van der Waals surface area contributed by atoms with Crippen molar-refractivity contribution in [3.63, 3.8) is 0 Å². The van der Waals surface area contributed by atoms with E-state index in [4.69, 9.17) is 9.47 Å². The van der Waals surface area contributed by atoms with Crippen molar-refractivity contribution in [1.82, 2.24) is 4.31 Å². The first-order chi connectivity index (χ1) is 14.6. The third-order valence-electron chi connectivity index (χ3n) is 5.50. The van der Waals surface area contributed by atoms with E-state index in [1.165, 1.54) is 29.6 Å². The Morgan fingerprint density at radius 2 is 1.87 bits per heavy atom. The number of halogens is 4. The number of fused-ring (bicyclic) bond motifs is 3. The molecule has 0 aromatic heterocycles. The third kappa shape index (κ3) is 4.21. The minimum absolute atomic E-state index is 0.103. The minimum Gasteiger partial charge on any atom is -0.493 e. The Morgan fingerprint density at radius 3 is 2.52 bits per heavy atom. The molecule has 0 aliphatic carbocycles. The minimum atomic E-state index is -4.88. The number of sulfonamides is 1. The number of hydrogen-bond donors (Lipinski definition) is 0. The molecule has 0 radical (unpaired) electrons. The number of rotatable bonds is 5. The van der Waals surface area contributed by atoms with E-state index < -0.39 is 34.0 Å². The van der Waals surface area contributed by atoms with Crippen molar-refractivity contribution in [2.75, 3.05) is 26.9 Å². The van der Waals surface area contributed by atoms with Crippen LogP contribution in [-0.2, 0) is 14.8 Å². The lowest BCUT2D eigenvalue weighted by atomic mass is 9.86. The van der Waals surface area contributed by atoms with Gasteiger partial charge in [-0.1, -0.05) is 0 Å². The molecule has 6 nitrogen and oxygen atoms in total. The van der Waals surface area contributed by atoms with Crippen molar-refractivity contribution in [2.45, 2.75) is 17.3 Å². The maximum absolute atomic E-state index is 14.0. The molecule has 2 aliphatic heterocycles. The average molecular weight is 461 g/mol. The summed E-state index contributed by atoms with van der Waals surface area (Å²) in [6.45, 7) is 0.618. The summed E-state index contributed by atoms with van der Waals surface area (Å²) in [6, 6.07) is 7.26. The van der Waals surface area contributed by atoms with Crippen LogP contribution < -0.4 is 9.47 Å². The van der Waals surface area contributed by atoms with Crippen LogP contribution in [0.4, 0.5) is 17.6 Å². The van der Waals surface area contributed by atoms with Crippen LogP contribution in [0.2, 0.25) is 0 Å². The summed E-state index contributed by atoms with van der Waals surface area (Å²) in [7, 11) is -2.61. The predicted octanol–water partition coefficient (Wildman–Crippen LogP) is 3.74. The molecule has 0 spiro atoms. The van der Waals surface area contributed by atoms with Gasteiger partial charge in [0.2, 0.25) is 10.0 Å². The van der Waals surface area contributed by atoms with E-state index in [2.05, 4.69) is 4.74 Å². The zero-order chi connectivity index (χ0) is 22.4. The van der Waals surface area contributed by atoms with Crippen LogP contribution in [-0.4, -0.2) is 46.0 Å². The van der Waals surface area contributed by atoms with Gasteiger partial charge in [-0.25, -0.2) is 12.8 Å². The Balaban J connectivity index is 1.71. The van der Waals surface area contributed by atoms with Gasteiger partial charge in [0, 0.05) is 31.1 Å². The molecule has 11 heteroatoms. The molecule has 1 fully saturated rings. The van der Waals surface area contributed by atoms with Crippen molar-refractivity contribution in [3.05, 3.63) is 53.8 Å². The van der Waals surface area contributed by atoms with Crippen LogP contribution in [0.3, 0.4) is 0 Å². The fourth-order valence-corrected chi connectivity index (χ4v) is 5.93. The smallest absolute Gasteiger partial charge is 0.493 e. The first-order valence-corrected chi connectivity index (χ1v) is 10.8. The van der Waals surface area contributed by atoms with Crippen LogP contribution in [0.5, 0.6) is 11.5 Å². The zero-order valence-corrected chi connectivity index (χ0v) is 17.1. The maximum Gasteiger partial charge on any atom is 0.573 e. The molecule has 31 heavy (non-hydrogen) atoms. The monoisotopic (exact) mass is 461 g/mol. The molecule has 0 saturated carbocycles. The van der Waals surface area contributed by atoms with Crippen LogP contribution in [0.25, 0.3) is 0 Å². The van der Waals surface area contributed by atoms with Gasteiger partial charge in [0.25, 0.3) is 0 Å². The summed E-state index contributed by atoms with van der Waals surface area (Å²) in [5.74, 6) is -1.12. The summed E-state index contributed by atoms with van der Waals surface area (Å²) in [5, 5.41) is 0. The van der Waals surface area contributed by atoms with Gasteiger partial charge in [-0.15, -0.1) is 13.2 Å². The predicted molar refractivity (Wildman–Crippen MR) is 101 cm³/mol. The third-order valence-corrected chi connectivity index (χ3v) is 7.36. The largest absolute Gasteiger partial charge is 0.573 e. The molecule has 2 aliphatic rings. The molecule has 2 heterocycles. The average Bonchev–Trinajstić information content (AvgIpc) is 3.07. The van der Waals surface area contributed by atoms with Crippen molar-refractivity contribution in [1.29, 1.82) is 0 Å². The van der Waals surface area contributed by atoms with Gasteiger partial charge in [-0.2, -0.15) is 4.31 Å². The van der Waals surface area contributed by atoms with Crippen LogP contribution >= 0.6 is 0 Å². The summed E-state index contributed by atoms with van der Waals surface area (Å²) >= 11 is 0. The molecule has 0 unspecified atom stereocenters. The van der Waals surface area contributed by atoms with Crippen LogP contribution in [0.1, 0.15) is 11.6 Å². The summed E-state index contributed by atoms with van der Waals surface area (Å²) in [6.07, 6.45) is -4.88. The lowest BCUT2D eigenvalue weighted by Crippen LogP contribution is -2.35. The van der Waals surface area contributed by atoms with Gasteiger partial charge in [0.1, 0.15) is 17.3 Å². The molecular weight excluding hydrogens is 442 g/mol. The fraction of sp³-hybridized carbons (Fsp3) is 0.400. The molecule has 1 saturated heterocycles. The summed E-state index contributed by atoms with van der Waals surface area (Å²) in [4.78, 5) is -0.191. The molecule has 4 rings (SSSR count). The van der Waals surface area contributed by atoms with E-state index in [1.807, 2.05) is 0 Å². The Labute approximate surface area is 176 Å². The van der Waals surface area contributed by atoms with Crippen molar-refractivity contribution >= 4 is 10.0 Å². The highest BCUT2D eigenvalue weighted by molar-refractivity contribution is 7.89. The lowest BCUT2D eigenvalue weighted by molar-refractivity contribution is -0.274. The molecule has 0 bridgehead atoms. The highest BCUT2D eigenvalue weighted by Crippen LogP contribution is 2.49. The number of alkyl halides is 3. The highest BCUT2D eigenvalue weighted by Gasteiger charge is 2.51. The van der Waals surface area contributed by atoms with Gasteiger partial charge >= 0.3 is 6.36 Å². The van der Waals surface area contributed by atoms with E-state index in [-0.39, 0.29) is 36.5 Å². The summed E-state index contributed by atoms with van der Waals surface area (Å²) < 4.78 is 94.0. The second-order valence-corrected chi connectivity index (χ2v) is 9.30. The van der Waals surface area contributed by atoms with Crippen LogP contribution in [0, 0.1) is 17.7 Å². The Bertz CT molecular complexity index is 1060. The Morgan fingerprint density at radius 1 is 1.16 bits per heavy atom. The number of nitrogens with zero attached hydrogens (tertiary/aromatic N) is 1. The Kier molecular flexibility index (Phi) is 5.61. The Hall–Kier alpha value is -2.37. The zero-order valence-electron chi connectivity index (χ0n) is 16.3. The van der Waals surface area contributed by atoms with E-state index >= 15 is 0 Å². The van der Waals surface area contributed by atoms with E-state index in [9.17, 15) is 26.0 Å². The molecule has 3 atom stereocenters. The second-order valence-electron chi connectivity index (χ2n) is 7.41. The maximum atomic E-state index is 14.0. The molecule has 168 valence electrons. The van der Waals surface area contributed by atoms with E-state index in [1.54, 1.807) is 0 Å². The van der Waals surface area contributed by atoms with Crippen LogP contribution in [0.15, 0.2) is 47.4 Å². The SMILES string of the molecule is COC[C@@H]1CN(S(=O)(=O)c2ccc(OC(F)(F)F)cc2)[C@H]2c3cc(F)ccc3OC[C@@H]12. The van der Waals surface area contributed by atoms with Gasteiger partial charge in [0.15, 0.2) is 0 Å². The molecule has 0 N–H and O–H groups in total. The van der Waals surface area contributed by atoms with Crippen molar-refractivity contribution in [2.24, 2.45) is 11.8 Å². The first kappa shape index (κ1) is 21.8. The summed E-state index contributed by atoms with van der Waals surface area (Å²) in [5.41, 5.74) is 0.412. The normalized spacial score (nSPS) is 23.7. The van der Waals surface area contributed by atoms with Gasteiger partial charge in [-0.05, 0) is 42.5 Å². The number of benzene rings is 2. The molecular formula is C20H19F4NO5S. The molecule has 2 aromatic carbocycles. The standard InChI is InChI=1S/C20H19F4NO5S/c1-28-10-12-9-25(19-16-8-13(21)2-7-18(16)29-11-17(12)19)31(26,27)15-5-3-14(4-6-15)30-20(22,23)24/h2-8,12,17,19H,9-11H2,1H3/t12-,17-,19-/m0/s1. The fourth-order valence-electron chi connectivity index (χ4n) is 4.22. The van der Waals surface area contributed by atoms with E-state index in [0.29, 0.717) is 11.3 Å². The number of hydrogen-bond acceptors (Lipinski definition) is 5.